The normalized spacial score (nSPS) is 14.2. The zero-order valence-corrected chi connectivity index (χ0v) is 12.5. The van der Waals surface area contributed by atoms with Crippen LogP contribution in [0.25, 0.3) is 0 Å². The molecule has 2 aromatic rings. The van der Waals surface area contributed by atoms with Gasteiger partial charge in [-0.05, 0) is 38.1 Å². The molecule has 0 aliphatic carbocycles. The predicted octanol–water partition coefficient (Wildman–Crippen LogP) is 3.34. The molecule has 0 atom stereocenters. The van der Waals surface area contributed by atoms with E-state index in [1.165, 1.54) is 5.01 Å². The number of ketones is 1. The zero-order chi connectivity index (χ0) is 15.7. The number of amides is 1. The monoisotopic (exact) mass is 292 g/mol. The van der Waals surface area contributed by atoms with Gasteiger partial charge < -0.3 is 0 Å². The van der Waals surface area contributed by atoms with Crippen molar-refractivity contribution in [1.82, 2.24) is 0 Å². The van der Waals surface area contributed by atoms with Crippen LogP contribution < -0.4 is 5.01 Å². The van der Waals surface area contributed by atoms with Gasteiger partial charge in [0.25, 0.3) is 5.91 Å². The number of rotatable bonds is 3. The lowest BCUT2D eigenvalue weighted by atomic mass is 10.0. The van der Waals surface area contributed by atoms with E-state index in [4.69, 9.17) is 0 Å². The van der Waals surface area contributed by atoms with Crippen molar-refractivity contribution < 1.29 is 9.59 Å². The second-order valence-corrected chi connectivity index (χ2v) is 5.46. The Kier molecular flexibility index (Phi) is 3.59. The summed E-state index contributed by atoms with van der Waals surface area (Å²) in [5, 5.41) is 5.58. The van der Waals surface area contributed by atoms with Gasteiger partial charge in [0.1, 0.15) is 0 Å². The van der Waals surface area contributed by atoms with Gasteiger partial charge in [0, 0.05) is 16.8 Å². The molecule has 0 unspecified atom stereocenters. The zero-order valence-electron chi connectivity index (χ0n) is 12.5. The molecule has 0 spiro atoms. The third-order valence-corrected chi connectivity index (χ3v) is 3.60. The molecule has 0 saturated carbocycles. The topological polar surface area (TPSA) is 49.7 Å². The second-order valence-electron chi connectivity index (χ2n) is 5.46. The number of anilines is 1. The highest BCUT2D eigenvalue weighted by molar-refractivity contribution is 6.12. The SMILES string of the molecule is CC1=NN(c2ccc(C(=O)c3ccc(C)cc3)cc2)C(=O)C1. The van der Waals surface area contributed by atoms with Crippen molar-refractivity contribution in [3.63, 3.8) is 0 Å². The van der Waals surface area contributed by atoms with E-state index >= 15 is 0 Å². The lowest BCUT2D eigenvalue weighted by Crippen LogP contribution is -2.19. The average molecular weight is 292 g/mol. The Balaban J connectivity index is 1.84. The summed E-state index contributed by atoms with van der Waals surface area (Å²) in [5.74, 6) is -0.0749. The number of carbonyl (C=O) groups excluding carboxylic acids is 2. The van der Waals surface area contributed by atoms with Crippen molar-refractivity contribution in [3.05, 3.63) is 65.2 Å². The summed E-state index contributed by atoms with van der Waals surface area (Å²) in [4.78, 5) is 24.2. The van der Waals surface area contributed by atoms with Gasteiger partial charge >= 0.3 is 0 Å². The third kappa shape index (κ3) is 2.68. The molecule has 1 aliphatic heterocycles. The van der Waals surface area contributed by atoms with Gasteiger partial charge in [-0.15, -0.1) is 0 Å². The molecule has 0 radical (unpaired) electrons. The highest BCUT2D eigenvalue weighted by Gasteiger charge is 2.22. The Morgan fingerprint density at radius 1 is 0.955 bits per heavy atom. The van der Waals surface area contributed by atoms with E-state index < -0.39 is 0 Å². The van der Waals surface area contributed by atoms with Gasteiger partial charge in [-0.2, -0.15) is 5.10 Å². The van der Waals surface area contributed by atoms with Crippen molar-refractivity contribution >= 4 is 23.1 Å². The van der Waals surface area contributed by atoms with Gasteiger partial charge in [-0.25, -0.2) is 5.01 Å². The standard InChI is InChI=1S/C18H16N2O2/c1-12-3-5-14(6-4-12)18(22)15-7-9-16(10-8-15)20-17(21)11-13(2)19-20/h3-10H,11H2,1-2H3. The van der Waals surface area contributed by atoms with E-state index in [0.717, 1.165) is 11.3 Å². The van der Waals surface area contributed by atoms with Gasteiger partial charge in [0.05, 0.1) is 12.1 Å². The quantitative estimate of drug-likeness (QED) is 0.815. The highest BCUT2D eigenvalue weighted by Crippen LogP contribution is 2.22. The second kappa shape index (κ2) is 5.56. The van der Waals surface area contributed by atoms with Crippen LogP contribution in [0.1, 0.15) is 34.8 Å². The van der Waals surface area contributed by atoms with Crippen LogP contribution in [0, 0.1) is 6.92 Å². The van der Waals surface area contributed by atoms with Crippen LogP contribution in [0.2, 0.25) is 0 Å². The van der Waals surface area contributed by atoms with Crippen LogP contribution in [-0.2, 0) is 4.79 Å². The van der Waals surface area contributed by atoms with Crippen molar-refractivity contribution in [2.45, 2.75) is 20.3 Å². The molecule has 0 fully saturated rings. The highest BCUT2D eigenvalue weighted by atomic mass is 16.2. The number of nitrogens with zero attached hydrogens (tertiary/aromatic N) is 2. The Hall–Kier alpha value is -2.75. The largest absolute Gasteiger partial charge is 0.289 e. The van der Waals surface area contributed by atoms with E-state index in [9.17, 15) is 9.59 Å². The first kappa shape index (κ1) is 14.2. The van der Waals surface area contributed by atoms with Crippen molar-refractivity contribution in [2.24, 2.45) is 5.10 Å². The maximum atomic E-state index is 12.4. The Morgan fingerprint density at radius 2 is 1.50 bits per heavy atom. The van der Waals surface area contributed by atoms with Crippen molar-refractivity contribution in [3.8, 4) is 0 Å². The Morgan fingerprint density at radius 3 is 2.00 bits per heavy atom. The fraction of sp³-hybridized carbons (Fsp3) is 0.167. The molecule has 0 aromatic heterocycles. The van der Waals surface area contributed by atoms with Crippen LogP contribution in [0.5, 0.6) is 0 Å². The van der Waals surface area contributed by atoms with Gasteiger partial charge in [0.15, 0.2) is 5.78 Å². The van der Waals surface area contributed by atoms with E-state index in [1.54, 1.807) is 24.3 Å². The molecule has 22 heavy (non-hydrogen) atoms. The predicted molar refractivity (Wildman–Crippen MR) is 86.3 cm³/mol. The lowest BCUT2D eigenvalue weighted by molar-refractivity contribution is -0.116. The van der Waals surface area contributed by atoms with E-state index in [1.807, 2.05) is 38.1 Å². The Labute approximate surface area is 129 Å². The first-order chi connectivity index (χ1) is 10.5. The molecule has 0 N–H and O–H groups in total. The third-order valence-electron chi connectivity index (χ3n) is 3.60. The van der Waals surface area contributed by atoms with Crippen molar-refractivity contribution in [2.75, 3.05) is 5.01 Å². The summed E-state index contributed by atoms with van der Waals surface area (Å²) in [5.41, 5.74) is 3.85. The van der Waals surface area contributed by atoms with Crippen LogP contribution in [0.4, 0.5) is 5.69 Å². The smallest absolute Gasteiger partial charge is 0.253 e. The number of carbonyl (C=O) groups is 2. The molecule has 3 rings (SSSR count). The molecule has 110 valence electrons. The molecule has 4 nitrogen and oxygen atoms in total. The number of hydrazone groups is 1. The molecule has 4 heteroatoms. The van der Waals surface area contributed by atoms with E-state index in [-0.39, 0.29) is 11.7 Å². The van der Waals surface area contributed by atoms with Gasteiger partial charge in [-0.1, -0.05) is 29.8 Å². The average Bonchev–Trinajstić information content (AvgIpc) is 2.86. The molecule has 2 aromatic carbocycles. The molecule has 1 amide bonds. The van der Waals surface area contributed by atoms with Crippen LogP contribution in [-0.4, -0.2) is 17.4 Å². The van der Waals surface area contributed by atoms with Crippen LogP contribution >= 0.6 is 0 Å². The van der Waals surface area contributed by atoms with Crippen LogP contribution in [0.3, 0.4) is 0 Å². The molecule has 1 heterocycles. The first-order valence-electron chi connectivity index (χ1n) is 7.13. The molecule has 0 saturated heterocycles. The van der Waals surface area contributed by atoms with Gasteiger partial charge in [0.2, 0.25) is 0 Å². The maximum absolute atomic E-state index is 12.4. The van der Waals surface area contributed by atoms with E-state index in [2.05, 4.69) is 5.10 Å². The number of aryl methyl sites for hydroxylation is 1. The molecular weight excluding hydrogens is 276 g/mol. The minimum absolute atomic E-state index is 0.0287. The maximum Gasteiger partial charge on any atom is 0.253 e. The van der Waals surface area contributed by atoms with E-state index in [0.29, 0.717) is 23.2 Å². The lowest BCUT2D eigenvalue weighted by Gasteiger charge is -2.12. The van der Waals surface area contributed by atoms with Crippen LogP contribution in [0.15, 0.2) is 53.6 Å². The number of hydrogen-bond donors (Lipinski definition) is 0. The first-order valence-corrected chi connectivity index (χ1v) is 7.13. The van der Waals surface area contributed by atoms with Crippen molar-refractivity contribution in [1.29, 1.82) is 0 Å². The number of hydrogen-bond acceptors (Lipinski definition) is 3. The summed E-state index contributed by atoms with van der Waals surface area (Å²) in [6, 6.07) is 14.4. The summed E-state index contributed by atoms with van der Waals surface area (Å²) in [6.45, 7) is 3.81. The summed E-state index contributed by atoms with van der Waals surface area (Å²) < 4.78 is 0. The molecule has 0 bridgehead atoms. The molecule has 1 aliphatic rings. The summed E-state index contributed by atoms with van der Waals surface area (Å²) in [7, 11) is 0. The Bertz CT molecular complexity index is 759. The minimum atomic E-state index is -0.0462. The van der Waals surface area contributed by atoms with Gasteiger partial charge in [-0.3, -0.25) is 9.59 Å². The molecular formula is C18H16N2O2. The minimum Gasteiger partial charge on any atom is -0.289 e. The number of benzene rings is 2. The fourth-order valence-electron chi connectivity index (χ4n) is 2.38. The summed E-state index contributed by atoms with van der Waals surface area (Å²) >= 11 is 0. The fourth-order valence-corrected chi connectivity index (χ4v) is 2.38. The summed E-state index contributed by atoms with van der Waals surface area (Å²) in [6.07, 6.45) is 0.351.